The summed E-state index contributed by atoms with van der Waals surface area (Å²) in [7, 11) is 0. The SMILES string of the molecule is CC(C)CC(C)(CN)NC(=O)Cc1nc2ncccn2n1.Cl. The molecule has 7 nitrogen and oxygen atoms in total. The second-order valence-corrected chi connectivity index (χ2v) is 5.98. The van der Waals surface area contributed by atoms with Crippen LogP contribution in [0, 0.1) is 5.92 Å². The smallest absolute Gasteiger partial charge is 0.252 e. The van der Waals surface area contributed by atoms with Gasteiger partial charge in [-0.2, -0.15) is 4.98 Å². The molecule has 0 fully saturated rings. The summed E-state index contributed by atoms with van der Waals surface area (Å²) in [5.74, 6) is 1.27. The molecule has 0 aliphatic heterocycles. The molecule has 22 heavy (non-hydrogen) atoms. The molecule has 0 saturated carbocycles. The van der Waals surface area contributed by atoms with E-state index in [1.54, 1.807) is 23.0 Å². The maximum absolute atomic E-state index is 12.2. The van der Waals surface area contributed by atoms with Crippen LogP contribution in [0.2, 0.25) is 0 Å². The third kappa shape index (κ3) is 4.64. The third-order valence-electron chi connectivity index (χ3n) is 3.23. The first-order valence-corrected chi connectivity index (χ1v) is 7.09. The number of rotatable bonds is 6. The van der Waals surface area contributed by atoms with Crippen LogP contribution in [0.1, 0.15) is 33.0 Å². The molecular weight excluding hydrogens is 304 g/mol. The van der Waals surface area contributed by atoms with Gasteiger partial charge in [0, 0.05) is 24.5 Å². The second-order valence-electron chi connectivity index (χ2n) is 5.98. The first-order valence-electron chi connectivity index (χ1n) is 7.09. The number of hydrogen-bond donors (Lipinski definition) is 2. The minimum Gasteiger partial charge on any atom is -0.349 e. The number of nitrogens with one attached hydrogen (secondary N) is 1. The Bertz CT molecular complexity index is 596. The molecular formula is C14H23ClN6O. The van der Waals surface area contributed by atoms with Gasteiger partial charge in [-0.15, -0.1) is 17.5 Å². The summed E-state index contributed by atoms with van der Waals surface area (Å²) in [5.41, 5.74) is 5.40. The molecule has 2 heterocycles. The van der Waals surface area contributed by atoms with Crippen molar-refractivity contribution in [3.05, 3.63) is 24.3 Å². The predicted octanol–water partition coefficient (Wildman–Crippen LogP) is 0.968. The average Bonchev–Trinajstić information content (AvgIpc) is 2.79. The minimum atomic E-state index is -0.400. The maximum atomic E-state index is 12.2. The average molecular weight is 327 g/mol. The van der Waals surface area contributed by atoms with E-state index in [-0.39, 0.29) is 24.7 Å². The summed E-state index contributed by atoms with van der Waals surface area (Å²) in [4.78, 5) is 20.5. The number of halogens is 1. The first-order chi connectivity index (χ1) is 9.92. The van der Waals surface area contributed by atoms with Crippen LogP contribution in [0.15, 0.2) is 18.5 Å². The van der Waals surface area contributed by atoms with E-state index in [1.165, 1.54) is 0 Å². The molecule has 122 valence electrons. The number of carbonyl (C=O) groups excluding carboxylic acids is 1. The van der Waals surface area contributed by atoms with Crippen molar-refractivity contribution in [3.63, 3.8) is 0 Å². The number of amides is 1. The van der Waals surface area contributed by atoms with E-state index < -0.39 is 5.54 Å². The van der Waals surface area contributed by atoms with Gasteiger partial charge in [0.2, 0.25) is 5.91 Å². The molecule has 0 radical (unpaired) electrons. The van der Waals surface area contributed by atoms with Gasteiger partial charge in [-0.05, 0) is 25.3 Å². The van der Waals surface area contributed by atoms with Crippen LogP contribution in [-0.4, -0.2) is 37.6 Å². The largest absolute Gasteiger partial charge is 0.349 e. The molecule has 1 atom stereocenters. The Hall–Kier alpha value is -1.73. The van der Waals surface area contributed by atoms with Crippen molar-refractivity contribution in [2.24, 2.45) is 11.7 Å². The standard InChI is InChI=1S/C14H22N6O.ClH/c1-10(2)8-14(3,9-15)18-12(21)7-11-17-13-16-5-4-6-20(13)19-11;/h4-6,10H,7-9,15H2,1-3H3,(H,18,21);1H. The summed E-state index contributed by atoms with van der Waals surface area (Å²) in [6.07, 6.45) is 4.34. The normalized spacial score (nSPS) is 13.7. The van der Waals surface area contributed by atoms with Crippen LogP contribution in [0.25, 0.3) is 5.78 Å². The van der Waals surface area contributed by atoms with Gasteiger partial charge < -0.3 is 11.1 Å². The summed E-state index contributed by atoms with van der Waals surface area (Å²) < 4.78 is 1.55. The lowest BCUT2D eigenvalue weighted by Gasteiger charge is -2.31. The van der Waals surface area contributed by atoms with Gasteiger partial charge in [0.25, 0.3) is 5.78 Å². The monoisotopic (exact) mass is 326 g/mol. The van der Waals surface area contributed by atoms with Crippen molar-refractivity contribution in [2.45, 2.75) is 39.2 Å². The molecule has 0 aromatic carbocycles. The lowest BCUT2D eigenvalue weighted by atomic mass is 9.90. The van der Waals surface area contributed by atoms with Gasteiger partial charge in [-0.1, -0.05) is 13.8 Å². The zero-order chi connectivity index (χ0) is 15.5. The van der Waals surface area contributed by atoms with E-state index in [1.807, 2.05) is 6.92 Å². The number of hydrogen-bond acceptors (Lipinski definition) is 5. The molecule has 2 rings (SSSR count). The van der Waals surface area contributed by atoms with E-state index in [2.05, 4.69) is 34.2 Å². The van der Waals surface area contributed by atoms with E-state index in [9.17, 15) is 4.79 Å². The van der Waals surface area contributed by atoms with Crippen LogP contribution in [0.4, 0.5) is 0 Å². The minimum absolute atomic E-state index is 0. The molecule has 8 heteroatoms. The fraction of sp³-hybridized carbons (Fsp3) is 0.571. The number of nitrogens with zero attached hydrogens (tertiary/aromatic N) is 4. The van der Waals surface area contributed by atoms with Crippen molar-refractivity contribution in [1.82, 2.24) is 24.9 Å². The molecule has 0 aliphatic rings. The highest BCUT2D eigenvalue weighted by atomic mass is 35.5. The van der Waals surface area contributed by atoms with Crippen molar-refractivity contribution in [1.29, 1.82) is 0 Å². The molecule has 3 N–H and O–H groups in total. The zero-order valence-corrected chi connectivity index (χ0v) is 13.9. The van der Waals surface area contributed by atoms with E-state index in [0.29, 0.717) is 24.1 Å². The van der Waals surface area contributed by atoms with Crippen molar-refractivity contribution in [2.75, 3.05) is 6.54 Å². The van der Waals surface area contributed by atoms with Gasteiger partial charge in [0.15, 0.2) is 5.82 Å². The van der Waals surface area contributed by atoms with Crippen molar-refractivity contribution in [3.8, 4) is 0 Å². The van der Waals surface area contributed by atoms with E-state index in [0.717, 1.165) is 6.42 Å². The Morgan fingerprint density at radius 3 is 2.82 bits per heavy atom. The van der Waals surface area contributed by atoms with Crippen LogP contribution in [-0.2, 0) is 11.2 Å². The summed E-state index contributed by atoms with van der Waals surface area (Å²) in [5, 5.41) is 7.21. The second kappa shape index (κ2) is 7.51. The van der Waals surface area contributed by atoms with Crippen LogP contribution in [0.5, 0.6) is 0 Å². The highest BCUT2D eigenvalue weighted by Crippen LogP contribution is 2.15. The van der Waals surface area contributed by atoms with Crippen LogP contribution >= 0.6 is 12.4 Å². The van der Waals surface area contributed by atoms with Crippen LogP contribution < -0.4 is 11.1 Å². The highest BCUT2D eigenvalue weighted by Gasteiger charge is 2.26. The molecule has 1 unspecified atom stereocenters. The number of aromatic nitrogens is 4. The Morgan fingerprint density at radius 1 is 1.50 bits per heavy atom. The molecule has 0 saturated heterocycles. The number of fused-ring (bicyclic) bond motifs is 1. The number of nitrogens with two attached hydrogens (primary N) is 1. The molecule has 1 amide bonds. The molecule has 2 aromatic heterocycles. The zero-order valence-electron chi connectivity index (χ0n) is 13.1. The summed E-state index contributed by atoms with van der Waals surface area (Å²) in [6, 6.07) is 1.76. The Labute approximate surface area is 136 Å². The summed E-state index contributed by atoms with van der Waals surface area (Å²) in [6.45, 7) is 6.57. The first kappa shape index (κ1) is 18.3. The summed E-state index contributed by atoms with van der Waals surface area (Å²) >= 11 is 0. The molecule has 0 aliphatic carbocycles. The van der Waals surface area contributed by atoms with Gasteiger partial charge in [-0.3, -0.25) is 4.79 Å². The van der Waals surface area contributed by atoms with Gasteiger partial charge in [-0.25, -0.2) is 9.50 Å². The van der Waals surface area contributed by atoms with Gasteiger partial charge >= 0.3 is 0 Å². The highest BCUT2D eigenvalue weighted by molar-refractivity contribution is 5.85. The van der Waals surface area contributed by atoms with Crippen molar-refractivity contribution >= 4 is 24.1 Å². The van der Waals surface area contributed by atoms with Crippen molar-refractivity contribution < 1.29 is 4.79 Å². The Morgan fingerprint density at radius 2 is 2.23 bits per heavy atom. The third-order valence-corrected chi connectivity index (χ3v) is 3.23. The molecule has 0 bridgehead atoms. The fourth-order valence-electron chi connectivity index (χ4n) is 2.46. The van der Waals surface area contributed by atoms with Gasteiger partial charge in [0.05, 0.1) is 6.42 Å². The fourth-order valence-corrected chi connectivity index (χ4v) is 2.46. The predicted molar refractivity (Wildman–Crippen MR) is 86.8 cm³/mol. The van der Waals surface area contributed by atoms with E-state index >= 15 is 0 Å². The Balaban J connectivity index is 0.00000242. The molecule has 0 spiro atoms. The van der Waals surface area contributed by atoms with Gasteiger partial charge in [0.1, 0.15) is 0 Å². The quantitative estimate of drug-likeness (QED) is 0.824. The number of carbonyl (C=O) groups is 1. The maximum Gasteiger partial charge on any atom is 0.252 e. The lowest BCUT2D eigenvalue weighted by Crippen LogP contribution is -2.52. The van der Waals surface area contributed by atoms with E-state index in [4.69, 9.17) is 5.73 Å². The molecule has 2 aromatic rings. The lowest BCUT2D eigenvalue weighted by molar-refractivity contribution is -0.122. The Kier molecular flexibility index (Phi) is 6.25. The topological polar surface area (TPSA) is 98.2 Å². The van der Waals surface area contributed by atoms with Crippen LogP contribution in [0.3, 0.4) is 0 Å².